The zero-order valence-corrected chi connectivity index (χ0v) is 11.5. The Morgan fingerprint density at radius 1 is 1.22 bits per heavy atom. The van der Waals surface area contributed by atoms with E-state index in [4.69, 9.17) is 0 Å². The van der Waals surface area contributed by atoms with Crippen molar-refractivity contribution in [2.45, 2.75) is 13.8 Å². The van der Waals surface area contributed by atoms with E-state index in [1.807, 2.05) is 13.8 Å². The smallest absolute Gasteiger partial charge is 0.238 e. The van der Waals surface area contributed by atoms with Crippen molar-refractivity contribution in [1.29, 1.82) is 0 Å². The molecule has 2 atom stereocenters. The van der Waals surface area contributed by atoms with Crippen molar-refractivity contribution < 1.29 is 14.0 Å². The zero-order chi connectivity index (χ0) is 13.2. The maximum Gasteiger partial charge on any atom is 0.238 e. The molecule has 18 heavy (non-hydrogen) atoms. The summed E-state index contributed by atoms with van der Waals surface area (Å²) in [6, 6.07) is 3.99. The molecule has 94 valence electrons. The van der Waals surface area contributed by atoms with E-state index in [-0.39, 0.29) is 29.1 Å². The van der Waals surface area contributed by atoms with E-state index >= 15 is 0 Å². The first-order valence-corrected chi connectivity index (χ1v) is 6.48. The van der Waals surface area contributed by atoms with Crippen molar-refractivity contribution in [2.24, 2.45) is 17.3 Å². The minimum Gasteiger partial charge on any atom is -0.274 e. The lowest BCUT2D eigenvalue weighted by atomic mass is 10.1. The summed E-state index contributed by atoms with van der Waals surface area (Å²) in [6.45, 7) is 3.83. The summed E-state index contributed by atoms with van der Waals surface area (Å²) in [6.07, 6.45) is 0. The number of nitrogens with zero attached hydrogens (tertiary/aromatic N) is 1. The molecular formula is C13H11BrFNO2. The Morgan fingerprint density at radius 2 is 1.78 bits per heavy atom. The predicted molar refractivity (Wildman–Crippen MR) is 67.4 cm³/mol. The van der Waals surface area contributed by atoms with Crippen LogP contribution in [0.1, 0.15) is 13.8 Å². The van der Waals surface area contributed by atoms with Crippen LogP contribution in [0, 0.1) is 23.1 Å². The second kappa shape index (κ2) is 3.41. The third-order valence-corrected chi connectivity index (χ3v) is 4.62. The Hall–Kier alpha value is -1.23. The summed E-state index contributed by atoms with van der Waals surface area (Å²) in [4.78, 5) is 25.5. The third-order valence-electron chi connectivity index (χ3n) is 3.95. The van der Waals surface area contributed by atoms with E-state index in [0.29, 0.717) is 10.2 Å². The lowest BCUT2D eigenvalue weighted by Crippen LogP contribution is -2.36. The van der Waals surface area contributed by atoms with Crippen molar-refractivity contribution in [3.05, 3.63) is 28.5 Å². The summed E-state index contributed by atoms with van der Waals surface area (Å²) in [5.74, 6) is -1.41. The summed E-state index contributed by atoms with van der Waals surface area (Å²) in [7, 11) is 0. The second-order valence-corrected chi connectivity index (χ2v) is 6.24. The molecule has 0 spiro atoms. The minimum absolute atomic E-state index is 0.221. The molecule has 0 bridgehead atoms. The van der Waals surface area contributed by atoms with Gasteiger partial charge in [-0.2, -0.15) is 0 Å². The van der Waals surface area contributed by atoms with Crippen molar-refractivity contribution in [3.63, 3.8) is 0 Å². The molecule has 2 fully saturated rings. The SMILES string of the molecule is CC1(C)C2C(=O)N(c3cc(F)ccc3Br)C(=O)C21. The normalized spacial score (nSPS) is 28.6. The number of hydrogen-bond acceptors (Lipinski definition) is 2. The monoisotopic (exact) mass is 311 g/mol. The predicted octanol–water partition coefficient (Wildman–Crippen LogP) is 2.73. The van der Waals surface area contributed by atoms with Gasteiger partial charge < -0.3 is 0 Å². The van der Waals surface area contributed by atoms with Gasteiger partial charge in [-0.1, -0.05) is 13.8 Å². The molecule has 3 nitrogen and oxygen atoms in total. The Balaban J connectivity index is 2.03. The first-order valence-electron chi connectivity index (χ1n) is 5.68. The highest BCUT2D eigenvalue weighted by atomic mass is 79.9. The van der Waals surface area contributed by atoms with Crippen molar-refractivity contribution in [2.75, 3.05) is 4.90 Å². The summed E-state index contributed by atoms with van der Waals surface area (Å²) < 4.78 is 13.8. The standard InChI is InChI=1S/C13H11BrFNO2/c1-13(2)9-10(13)12(18)16(11(9)17)8-5-6(15)3-4-7(8)14/h3-5,9-10H,1-2H3. The fourth-order valence-corrected chi connectivity index (χ4v) is 3.26. The average Bonchev–Trinajstić information content (AvgIpc) is 2.74. The highest BCUT2D eigenvalue weighted by Crippen LogP contribution is 2.63. The van der Waals surface area contributed by atoms with Gasteiger partial charge in [0.1, 0.15) is 5.82 Å². The van der Waals surface area contributed by atoms with Gasteiger partial charge in [-0.05, 0) is 39.5 Å². The second-order valence-electron chi connectivity index (χ2n) is 5.38. The molecule has 1 saturated heterocycles. The zero-order valence-electron chi connectivity index (χ0n) is 9.91. The minimum atomic E-state index is -0.464. The first-order chi connectivity index (χ1) is 8.35. The molecule has 5 heteroatoms. The molecule has 0 N–H and O–H groups in total. The highest BCUT2D eigenvalue weighted by Gasteiger charge is 2.72. The van der Waals surface area contributed by atoms with Crippen LogP contribution in [0.5, 0.6) is 0 Å². The number of carbonyl (C=O) groups is 2. The van der Waals surface area contributed by atoms with Crippen molar-refractivity contribution >= 4 is 33.4 Å². The molecule has 1 aliphatic heterocycles. The van der Waals surface area contributed by atoms with Crippen LogP contribution in [0.2, 0.25) is 0 Å². The van der Waals surface area contributed by atoms with Gasteiger partial charge in [-0.25, -0.2) is 9.29 Å². The number of rotatable bonds is 1. The number of imide groups is 1. The van der Waals surface area contributed by atoms with Crippen molar-refractivity contribution in [3.8, 4) is 0 Å². The van der Waals surface area contributed by atoms with Crippen LogP contribution in [0.25, 0.3) is 0 Å². The molecule has 1 aromatic carbocycles. The topological polar surface area (TPSA) is 37.4 Å². The number of benzene rings is 1. The largest absolute Gasteiger partial charge is 0.274 e. The number of carbonyl (C=O) groups excluding carboxylic acids is 2. The lowest BCUT2D eigenvalue weighted by molar-refractivity contribution is -0.125. The van der Waals surface area contributed by atoms with Crippen LogP contribution in [0.3, 0.4) is 0 Å². The van der Waals surface area contributed by atoms with Crippen LogP contribution in [-0.2, 0) is 9.59 Å². The molecular weight excluding hydrogens is 301 g/mol. The fraction of sp³-hybridized carbons (Fsp3) is 0.385. The Morgan fingerprint density at radius 3 is 2.33 bits per heavy atom. The van der Waals surface area contributed by atoms with Gasteiger partial charge >= 0.3 is 0 Å². The maximum absolute atomic E-state index is 13.2. The Bertz CT molecular complexity index is 560. The first kappa shape index (κ1) is 11.8. The van der Waals surface area contributed by atoms with E-state index in [1.165, 1.54) is 18.2 Å². The van der Waals surface area contributed by atoms with E-state index in [9.17, 15) is 14.0 Å². The van der Waals surface area contributed by atoms with Crippen LogP contribution in [0.15, 0.2) is 22.7 Å². The number of halogens is 2. The molecule has 1 saturated carbocycles. The maximum atomic E-state index is 13.2. The highest BCUT2D eigenvalue weighted by molar-refractivity contribution is 9.10. The van der Waals surface area contributed by atoms with Crippen molar-refractivity contribution in [1.82, 2.24) is 0 Å². The van der Waals surface area contributed by atoms with Gasteiger partial charge in [0, 0.05) is 4.47 Å². The van der Waals surface area contributed by atoms with Crippen LogP contribution in [-0.4, -0.2) is 11.8 Å². The molecule has 2 aliphatic rings. The van der Waals surface area contributed by atoms with E-state index < -0.39 is 5.82 Å². The molecule has 1 aromatic rings. The number of anilines is 1. The number of piperidine rings is 1. The van der Waals surface area contributed by atoms with Gasteiger partial charge in [-0.15, -0.1) is 0 Å². The summed E-state index contributed by atoms with van der Waals surface area (Å²) in [5.41, 5.74) is 0.0535. The van der Waals surface area contributed by atoms with Gasteiger partial charge in [0.15, 0.2) is 0 Å². The quantitative estimate of drug-likeness (QED) is 0.748. The van der Waals surface area contributed by atoms with Gasteiger partial charge in [-0.3, -0.25) is 9.59 Å². The Labute approximate surface area is 112 Å². The molecule has 0 aromatic heterocycles. The van der Waals surface area contributed by atoms with Crippen LogP contribution in [0.4, 0.5) is 10.1 Å². The van der Waals surface area contributed by atoms with Crippen LogP contribution >= 0.6 is 15.9 Å². The molecule has 2 unspecified atom stereocenters. The molecule has 0 radical (unpaired) electrons. The third kappa shape index (κ3) is 1.34. The van der Waals surface area contributed by atoms with Gasteiger partial charge in [0.05, 0.1) is 17.5 Å². The number of hydrogen-bond donors (Lipinski definition) is 0. The number of fused-ring (bicyclic) bond motifs is 1. The van der Waals surface area contributed by atoms with E-state index in [1.54, 1.807) is 0 Å². The molecule has 2 amide bonds. The average molecular weight is 312 g/mol. The summed E-state index contributed by atoms with van der Waals surface area (Å²) in [5, 5.41) is 0. The van der Waals surface area contributed by atoms with Gasteiger partial charge in [0.25, 0.3) is 0 Å². The molecule has 1 heterocycles. The number of amides is 2. The Kier molecular flexibility index (Phi) is 2.24. The fourth-order valence-electron chi connectivity index (χ4n) is 2.84. The lowest BCUT2D eigenvalue weighted by Gasteiger charge is -2.21. The summed E-state index contributed by atoms with van der Waals surface area (Å²) >= 11 is 3.25. The molecule has 1 aliphatic carbocycles. The van der Waals surface area contributed by atoms with E-state index in [2.05, 4.69) is 15.9 Å². The van der Waals surface area contributed by atoms with Crippen LogP contribution < -0.4 is 4.90 Å². The van der Waals surface area contributed by atoms with E-state index in [0.717, 1.165) is 4.90 Å². The molecule has 3 rings (SSSR count). The van der Waals surface area contributed by atoms with Gasteiger partial charge in [0.2, 0.25) is 11.8 Å².